The second-order valence-corrected chi connectivity index (χ2v) is 7.91. The summed E-state index contributed by atoms with van der Waals surface area (Å²) in [6.07, 6.45) is 1.71. The predicted molar refractivity (Wildman–Crippen MR) is 111 cm³/mol. The van der Waals surface area contributed by atoms with Crippen molar-refractivity contribution in [1.29, 1.82) is 0 Å². The van der Waals surface area contributed by atoms with Crippen LogP contribution in [0.2, 0.25) is 0 Å². The first-order valence-corrected chi connectivity index (χ1v) is 10.1. The lowest BCUT2D eigenvalue weighted by molar-refractivity contribution is 0.0919. The summed E-state index contributed by atoms with van der Waals surface area (Å²) in [5.74, 6) is -2.96. The average Bonchev–Trinajstić information content (AvgIpc) is 3.13. The number of furan rings is 1. The first-order valence-electron chi connectivity index (χ1n) is 10.1. The number of ketones is 2. The number of fused-ring (bicyclic) bond motifs is 3. The summed E-state index contributed by atoms with van der Waals surface area (Å²) < 4.78 is 5.55. The highest BCUT2D eigenvalue weighted by atomic mass is 16.4. The van der Waals surface area contributed by atoms with Crippen LogP contribution in [0.1, 0.15) is 61.0 Å². The second-order valence-electron chi connectivity index (χ2n) is 7.91. The van der Waals surface area contributed by atoms with Crippen LogP contribution >= 0.6 is 0 Å². The Labute approximate surface area is 176 Å². The van der Waals surface area contributed by atoms with Crippen LogP contribution < -0.4 is 10.6 Å². The number of piperidine rings is 1. The van der Waals surface area contributed by atoms with Gasteiger partial charge < -0.3 is 25.3 Å². The number of hydrogen-bond donors (Lipinski definition) is 4. The van der Waals surface area contributed by atoms with Crippen molar-refractivity contribution < 1.29 is 29.0 Å². The molecule has 0 saturated carbocycles. The topological polar surface area (TPSA) is 129 Å². The molecule has 2 aromatic carbocycles. The van der Waals surface area contributed by atoms with Crippen LogP contribution in [-0.4, -0.2) is 46.8 Å². The maximum Gasteiger partial charge on any atom is 0.255 e. The highest BCUT2D eigenvalue weighted by Gasteiger charge is 2.42. The van der Waals surface area contributed by atoms with Crippen molar-refractivity contribution in [2.24, 2.45) is 0 Å². The lowest BCUT2D eigenvalue weighted by Crippen LogP contribution is -2.46. The predicted octanol–water partition coefficient (Wildman–Crippen LogP) is 2.41. The Balaban J connectivity index is 1.66. The summed E-state index contributed by atoms with van der Waals surface area (Å²) >= 11 is 0. The summed E-state index contributed by atoms with van der Waals surface area (Å²) in [5, 5.41) is 28.1. The van der Waals surface area contributed by atoms with E-state index in [4.69, 9.17) is 4.42 Å². The van der Waals surface area contributed by atoms with Gasteiger partial charge in [0.15, 0.2) is 5.76 Å². The molecule has 1 saturated heterocycles. The van der Waals surface area contributed by atoms with Gasteiger partial charge in [-0.2, -0.15) is 0 Å². The highest BCUT2D eigenvalue weighted by molar-refractivity contribution is 6.33. The summed E-state index contributed by atoms with van der Waals surface area (Å²) in [6.45, 7) is 3.00. The Morgan fingerprint density at radius 1 is 1.06 bits per heavy atom. The summed E-state index contributed by atoms with van der Waals surface area (Å²) in [4.78, 5) is 39.6. The quantitative estimate of drug-likeness (QED) is 0.367. The van der Waals surface area contributed by atoms with E-state index in [1.165, 1.54) is 6.92 Å². The molecular weight excluding hydrogens is 400 g/mol. The van der Waals surface area contributed by atoms with Gasteiger partial charge in [-0.3, -0.25) is 14.4 Å². The number of nitrogens with one attached hydrogen (secondary N) is 2. The van der Waals surface area contributed by atoms with Gasteiger partial charge in [-0.25, -0.2) is 0 Å². The maximum atomic E-state index is 13.4. The van der Waals surface area contributed by atoms with Crippen LogP contribution in [0.3, 0.4) is 0 Å². The third-order valence-electron chi connectivity index (χ3n) is 5.99. The van der Waals surface area contributed by atoms with E-state index in [0.717, 1.165) is 19.4 Å². The summed E-state index contributed by atoms with van der Waals surface area (Å²) in [6, 6.07) is 6.28. The lowest BCUT2D eigenvalue weighted by Gasteiger charge is -2.24. The van der Waals surface area contributed by atoms with Crippen molar-refractivity contribution in [3.05, 3.63) is 58.0 Å². The summed E-state index contributed by atoms with van der Waals surface area (Å²) in [7, 11) is 0. The number of rotatable bonds is 2. The zero-order chi connectivity index (χ0) is 21.9. The fourth-order valence-corrected chi connectivity index (χ4v) is 4.51. The molecular formula is C23H20N2O6. The van der Waals surface area contributed by atoms with E-state index < -0.39 is 29.0 Å². The van der Waals surface area contributed by atoms with Gasteiger partial charge >= 0.3 is 0 Å². The normalized spacial score (nSPS) is 18.0. The van der Waals surface area contributed by atoms with Gasteiger partial charge in [0.1, 0.15) is 17.3 Å². The van der Waals surface area contributed by atoms with Crippen LogP contribution in [-0.2, 0) is 0 Å². The number of carbonyl (C=O) groups excluding carboxylic acids is 3. The minimum Gasteiger partial charge on any atom is -0.506 e. The van der Waals surface area contributed by atoms with E-state index in [1.54, 1.807) is 24.3 Å². The highest BCUT2D eigenvalue weighted by Crippen LogP contribution is 2.45. The van der Waals surface area contributed by atoms with Gasteiger partial charge in [-0.1, -0.05) is 24.3 Å². The zero-order valence-electron chi connectivity index (χ0n) is 16.7. The van der Waals surface area contributed by atoms with E-state index in [-0.39, 0.29) is 50.6 Å². The Hall–Kier alpha value is -3.65. The molecule has 31 heavy (non-hydrogen) atoms. The summed E-state index contributed by atoms with van der Waals surface area (Å²) in [5.41, 5.74) is -0.827. The van der Waals surface area contributed by atoms with Crippen LogP contribution in [0.25, 0.3) is 10.8 Å². The minimum atomic E-state index is -0.746. The molecule has 1 unspecified atom stereocenters. The molecule has 8 nitrogen and oxygen atoms in total. The van der Waals surface area contributed by atoms with Crippen molar-refractivity contribution >= 4 is 28.2 Å². The number of amides is 1. The third kappa shape index (κ3) is 2.75. The van der Waals surface area contributed by atoms with Crippen LogP contribution in [0, 0.1) is 6.92 Å². The van der Waals surface area contributed by atoms with Crippen molar-refractivity contribution in [3.63, 3.8) is 0 Å². The number of hydrogen-bond acceptors (Lipinski definition) is 7. The van der Waals surface area contributed by atoms with Crippen molar-refractivity contribution in [2.75, 3.05) is 13.1 Å². The molecule has 3 aromatic rings. The Kier molecular flexibility index (Phi) is 4.33. The molecule has 0 radical (unpaired) electrons. The van der Waals surface area contributed by atoms with Gasteiger partial charge in [0.05, 0.1) is 22.3 Å². The molecule has 1 fully saturated rings. The molecule has 4 N–H and O–H groups in total. The maximum absolute atomic E-state index is 13.4. The zero-order valence-corrected chi connectivity index (χ0v) is 16.7. The van der Waals surface area contributed by atoms with Gasteiger partial charge in [-0.05, 0) is 26.3 Å². The van der Waals surface area contributed by atoms with Gasteiger partial charge in [0.25, 0.3) is 5.91 Å². The van der Waals surface area contributed by atoms with Crippen molar-refractivity contribution in [1.82, 2.24) is 10.6 Å². The molecule has 2 aliphatic rings. The molecule has 5 rings (SSSR count). The van der Waals surface area contributed by atoms with E-state index in [9.17, 15) is 24.6 Å². The Morgan fingerprint density at radius 3 is 2.32 bits per heavy atom. The van der Waals surface area contributed by atoms with E-state index >= 15 is 0 Å². The van der Waals surface area contributed by atoms with Gasteiger partial charge in [-0.15, -0.1) is 0 Å². The fraction of sp³-hybridized carbons (Fsp3) is 0.261. The van der Waals surface area contributed by atoms with Crippen molar-refractivity contribution in [2.45, 2.75) is 25.8 Å². The fourth-order valence-electron chi connectivity index (χ4n) is 4.51. The molecule has 1 atom stereocenters. The lowest BCUT2D eigenvalue weighted by atomic mass is 9.83. The standard InChI is InChI=1S/C23H20N2O6/c1-10-14(23(30)25-11-5-4-8-24-9-11)17-20(28)15-16(21(29)22(17)31-10)19(27)13-7-3-2-6-12(13)18(15)26/h2-3,6-7,11,24,26-27H,4-5,8-9H2,1H3,(H,25,30). The first-order chi connectivity index (χ1) is 14.9. The van der Waals surface area contributed by atoms with Crippen LogP contribution in [0.5, 0.6) is 11.5 Å². The SMILES string of the molecule is Cc1oc2c(c1C(=O)NC1CCCNC1)C(=O)c1c(c(O)c3ccccc3c1O)C2=O. The third-order valence-corrected chi connectivity index (χ3v) is 5.99. The smallest absolute Gasteiger partial charge is 0.255 e. The van der Waals surface area contributed by atoms with E-state index in [2.05, 4.69) is 10.6 Å². The molecule has 2 heterocycles. The van der Waals surface area contributed by atoms with Crippen molar-refractivity contribution in [3.8, 4) is 11.5 Å². The number of phenols is 2. The number of aromatic hydroxyl groups is 2. The average molecular weight is 420 g/mol. The van der Waals surface area contributed by atoms with Crippen LogP contribution in [0.15, 0.2) is 28.7 Å². The first kappa shape index (κ1) is 19.3. The Morgan fingerprint density at radius 2 is 1.71 bits per heavy atom. The van der Waals surface area contributed by atoms with Gasteiger partial charge in [0, 0.05) is 23.4 Å². The van der Waals surface area contributed by atoms with Crippen LogP contribution in [0.4, 0.5) is 0 Å². The molecule has 158 valence electrons. The number of benzene rings is 2. The number of phenolic OH excluding ortho intramolecular Hbond substituents is 2. The molecule has 8 heteroatoms. The molecule has 1 aliphatic carbocycles. The molecule has 1 amide bonds. The monoisotopic (exact) mass is 420 g/mol. The second kappa shape index (κ2) is 6.95. The van der Waals surface area contributed by atoms with E-state index in [0.29, 0.717) is 6.54 Å². The van der Waals surface area contributed by atoms with E-state index in [1.807, 2.05) is 0 Å². The number of aryl methyl sites for hydroxylation is 1. The number of carbonyl (C=O) groups is 3. The minimum absolute atomic E-state index is 0.0170. The molecule has 0 spiro atoms. The molecule has 0 bridgehead atoms. The largest absolute Gasteiger partial charge is 0.506 e. The van der Waals surface area contributed by atoms with Gasteiger partial charge in [0.2, 0.25) is 11.6 Å². The molecule has 1 aliphatic heterocycles. The molecule has 1 aromatic heterocycles. The Bertz CT molecular complexity index is 1280.